The van der Waals surface area contributed by atoms with Gasteiger partial charge >= 0.3 is 0 Å². The summed E-state index contributed by atoms with van der Waals surface area (Å²) in [6, 6.07) is 16.9. The van der Waals surface area contributed by atoms with E-state index >= 15 is 4.39 Å². The van der Waals surface area contributed by atoms with Gasteiger partial charge < -0.3 is 25.4 Å². The van der Waals surface area contributed by atoms with Gasteiger partial charge in [0.2, 0.25) is 11.8 Å². The lowest BCUT2D eigenvalue weighted by molar-refractivity contribution is -0.131. The van der Waals surface area contributed by atoms with Crippen LogP contribution < -0.4 is 20.7 Å². The molecule has 1 aliphatic rings. The molecule has 238 valence electrons. The average molecular weight is 666 g/mol. The molecule has 5 aromatic rings. The molecule has 6 rings (SSSR count). The van der Waals surface area contributed by atoms with Crippen molar-refractivity contribution in [3.63, 3.8) is 0 Å². The second-order valence-corrected chi connectivity index (χ2v) is 11.7. The summed E-state index contributed by atoms with van der Waals surface area (Å²) >= 11 is 1.44. The lowest BCUT2D eigenvalue weighted by atomic mass is 10.0. The summed E-state index contributed by atoms with van der Waals surface area (Å²) in [6.07, 6.45) is 4.11. The van der Waals surface area contributed by atoms with Crippen molar-refractivity contribution in [2.45, 2.75) is 19.4 Å². The Morgan fingerprint density at radius 2 is 1.65 bits per heavy atom. The van der Waals surface area contributed by atoms with Gasteiger partial charge in [-0.2, -0.15) is 0 Å². The molecule has 9 nitrogen and oxygen atoms in total. The predicted octanol–water partition coefficient (Wildman–Crippen LogP) is 6.94. The van der Waals surface area contributed by atoms with Crippen molar-refractivity contribution >= 4 is 57.1 Å². The molecule has 3 heterocycles. The summed E-state index contributed by atoms with van der Waals surface area (Å²) in [5, 5.41) is 8.58. The molecule has 1 aliphatic carbocycles. The third-order valence-electron chi connectivity index (χ3n) is 7.40. The normalized spacial score (nSPS) is 13.1. The number of halogens is 3. The Hall–Kier alpha value is -4.49. The van der Waals surface area contributed by atoms with E-state index in [1.165, 1.54) is 47.7 Å². The number of amides is 2. The molecule has 0 bridgehead atoms. The van der Waals surface area contributed by atoms with Crippen LogP contribution in [-0.2, 0) is 20.9 Å². The molecule has 13 heteroatoms. The Morgan fingerprint density at radius 3 is 2.33 bits per heavy atom. The lowest BCUT2D eigenvalue weighted by Gasteiger charge is -2.16. The summed E-state index contributed by atoms with van der Waals surface area (Å²) in [7, 11) is 1.66. The van der Waals surface area contributed by atoms with Crippen LogP contribution in [0.1, 0.15) is 18.4 Å². The van der Waals surface area contributed by atoms with Crippen LogP contribution in [0.3, 0.4) is 0 Å². The number of hydrogen-bond donors (Lipinski definition) is 3. The topological polar surface area (TPSA) is 114 Å². The van der Waals surface area contributed by atoms with Crippen LogP contribution in [-0.4, -0.2) is 42.0 Å². The molecule has 3 aromatic heterocycles. The monoisotopic (exact) mass is 665 g/mol. The number of anilines is 2. The molecular formula is C33H30ClF2N5O4S. The van der Waals surface area contributed by atoms with E-state index in [9.17, 15) is 14.0 Å². The van der Waals surface area contributed by atoms with E-state index in [1.807, 2.05) is 24.4 Å². The molecule has 0 aliphatic heterocycles. The van der Waals surface area contributed by atoms with E-state index in [1.54, 1.807) is 19.4 Å². The van der Waals surface area contributed by atoms with Gasteiger partial charge in [-0.05, 0) is 66.9 Å². The summed E-state index contributed by atoms with van der Waals surface area (Å²) in [4.78, 5) is 35.8. The second kappa shape index (κ2) is 14.3. The average Bonchev–Trinajstić information content (AvgIpc) is 3.75. The van der Waals surface area contributed by atoms with Gasteiger partial charge in [0.25, 0.3) is 0 Å². The number of nitrogens with one attached hydrogen (secondary N) is 3. The lowest BCUT2D eigenvalue weighted by Crippen LogP contribution is -2.35. The minimum absolute atomic E-state index is 0. The number of thiophene rings is 1. The number of methoxy groups -OCH3 is 1. The Bertz CT molecular complexity index is 1850. The molecular weight excluding hydrogens is 636 g/mol. The van der Waals surface area contributed by atoms with Gasteiger partial charge in [-0.3, -0.25) is 19.6 Å². The summed E-state index contributed by atoms with van der Waals surface area (Å²) < 4.78 is 40.1. The van der Waals surface area contributed by atoms with Gasteiger partial charge in [-0.15, -0.1) is 23.7 Å². The maximum atomic E-state index is 15.2. The van der Waals surface area contributed by atoms with Gasteiger partial charge in [0.1, 0.15) is 17.0 Å². The first-order chi connectivity index (χ1) is 21.8. The Labute approximate surface area is 273 Å². The zero-order valence-corrected chi connectivity index (χ0v) is 26.3. The summed E-state index contributed by atoms with van der Waals surface area (Å²) in [6.45, 7) is 2.07. The molecule has 46 heavy (non-hydrogen) atoms. The highest BCUT2D eigenvalue weighted by molar-refractivity contribution is 7.22. The zero-order chi connectivity index (χ0) is 31.4. The van der Waals surface area contributed by atoms with Gasteiger partial charge in [0, 0.05) is 56.1 Å². The molecule has 1 fully saturated rings. The molecule has 3 N–H and O–H groups in total. The third-order valence-corrected chi connectivity index (χ3v) is 8.56. The first kappa shape index (κ1) is 32.9. The number of carbonyl (C=O) groups excluding carboxylic acids is 2. The van der Waals surface area contributed by atoms with Crippen LogP contribution in [0.2, 0.25) is 0 Å². The van der Waals surface area contributed by atoms with Gasteiger partial charge in [0.05, 0.1) is 27.4 Å². The molecule has 2 aromatic carbocycles. The highest BCUT2D eigenvalue weighted by atomic mass is 35.5. The van der Waals surface area contributed by atoms with Gasteiger partial charge in [-0.1, -0.05) is 6.07 Å². The number of benzene rings is 2. The largest absolute Gasteiger partial charge is 0.453 e. The highest BCUT2D eigenvalue weighted by Crippen LogP contribution is 2.48. The first-order valence-corrected chi connectivity index (χ1v) is 15.1. The molecule has 1 saturated carbocycles. The molecule has 0 spiro atoms. The van der Waals surface area contributed by atoms with Crippen molar-refractivity contribution in [1.29, 1.82) is 0 Å². The van der Waals surface area contributed by atoms with Crippen LogP contribution in [0.4, 0.5) is 20.2 Å². The van der Waals surface area contributed by atoms with Gasteiger partial charge in [-0.25, -0.2) is 8.78 Å². The van der Waals surface area contributed by atoms with Crippen LogP contribution in [0.25, 0.3) is 20.8 Å². The zero-order valence-electron chi connectivity index (χ0n) is 24.6. The molecule has 0 unspecified atom stereocenters. The minimum atomic E-state index is -1.27. The smallest absolute Gasteiger partial charge is 0.240 e. The number of hydrogen-bond acceptors (Lipinski definition) is 8. The highest BCUT2D eigenvalue weighted by Gasteiger charge is 2.56. The number of carbonyl (C=O) groups is 2. The van der Waals surface area contributed by atoms with E-state index in [2.05, 4.69) is 25.9 Å². The standard InChI is InChI=1S/C33H29F2N5O4S.ClH/c1-43-15-14-36-18-20-2-8-25(38-19-20)29-17-26-30(45-29)28(10-13-37-26)44-27-9-7-23(16-24(27)35)40-32(42)33(11-12-33)31(41)39-22-5-3-21(34)4-6-22;/h2-10,13,16-17,19,36H,11-12,14-15,18H2,1H3,(H,39,41)(H,40,42);1H. The molecule has 2 amide bonds. The van der Waals surface area contributed by atoms with Gasteiger partial charge in [0.15, 0.2) is 11.6 Å². The number of rotatable bonds is 12. The van der Waals surface area contributed by atoms with Crippen molar-refractivity contribution in [2.75, 3.05) is 30.9 Å². The maximum absolute atomic E-state index is 15.2. The number of pyridine rings is 2. The number of fused-ring (bicyclic) bond motifs is 1. The maximum Gasteiger partial charge on any atom is 0.240 e. The fourth-order valence-electron chi connectivity index (χ4n) is 4.70. The van der Waals surface area contributed by atoms with E-state index in [0.717, 1.165) is 33.4 Å². The van der Waals surface area contributed by atoms with Crippen LogP contribution in [0, 0.1) is 17.0 Å². The number of nitrogens with zero attached hydrogens (tertiary/aromatic N) is 2. The second-order valence-electron chi connectivity index (χ2n) is 10.6. The predicted molar refractivity (Wildman–Crippen MR) is 175 cm³/mol. The molecule has 0 saturated heterocycles. The quantitative estimate of drug-likeness (QED) is 0.0977. The summed E-state index contributed by atoms with van der Waals surface area (Å²) in [5.74, 6) is -1.76. The van der Waals surface area contributed by atoms with E-state index in [-0.39, 0.29) is 23.8 Å². The van der Waals surface area contributed by atoms with Crippen molar-refractivity contribution in [2.24, 2.45) is 5.41 Å². The fourth-order valence-corrected chi connectivity index (χ4v) is 5.74. The van der Waals surface area contributed by atoms with Crippen LogP contribution in [0.5, 0.6) is 11.5 Å². The fraction of sp³-hybridized carbons (Fsp3) is 0.212. The van der Waals surface area contributed by atoms with Crippen molar-refractivity contribution in [3.05, 3.63) is 96.3 Å². The Balaban J connectivity index is 0.00000417. The van der Waals surface area contributed by atoms with E-state index in [0.29, 0.717) is 42.9 Å². The Kier molecular flexibility index (Phi) is 10.2. The van der Waals surface area contributed by atoms with E-state index in [4.69, 9.17) is 9.47 Å². The van der Waals surface area contributed by atoms with Crippen molar-refractivity contribution < 1.29 is 27.8 Å². The summed E-state index contributed by atoms with van der Waals surface area (Å²) in [5.41, 5.74) is 1.83. The van der Waals surface area contributed by atoms with Crippen LogP contribution >= 0.6 is 23.7 Å². The Morgan fingerprint density at radius 1 is 0.913 bits per heavy atom. The van der Waals surface area contributed by atoms with E-state index < -0.39 is 28.9 Å². The number of ether oxygens (including phenoxy) is 2. The van der Waals surface area contributed by atoms with Crippen molar-refractivity contribution in [3.8, 4) is 22.1 Å². The SMILES string of the molecule is COCCNCc1ccc(-c2cc3nccc(Oc4ccc(NC(=O)C5(C(=O)Nc6ccc(F)cc6)CC5)cc4F)c3s2)nc1.Cl. The van der Waals surface area contributed by atoms with Crippen molar-refractivity contribution in [1.82, 2.24) is 15.3 Å². The van der Waals surface area contributed by atoms with Crippen LogP contribution in [0.15, 0.2) is 79.1 Å². The minimum Gasteiger partial charge on any atom is -0.453 e. The number of aromatic nitrogens is 2. The first-order valence-electron chi connectivity index (χ1n) is 14.2. The molecule has 0 radical (unpaired) electrons. The molecule has 0 atom stereocenters. The third kappa shape index (κ3) is 7.31.